The quantitative estimate of drug-likeness (QED) is 0.0205. The number of aliphatic hydroxyl groups is 8. The zero-order chi connectivity index (χ0) is 53.9. The van der Waals surface area contributed by atoms with Crippen LogP contribution >= 0.6 is 0 Å². The van der Waals surface area contributed by atoms with Gasteiger partial charge >= 0.3 is 0 Å². The summed E-state index contributed by atoms with van der Waals surface area (Å²) in [6.07, 6.45) is 41.7. The maximum Gasteiger partial charge on any atom is 0.220 e. The van der Waals surface area contributed by atoms with Crippen molar-refractivity contribution in [3.63, 3.8) is 0 Å². The van der Waals surface area contributed by atoms with Gasteiger partial charge in [0.25, 0.3) is 0 Å². The zero-order valence-electron chi connectivity index (χ0n) is 45.8. The topological polar surface area (TPSA) is 228 Å². The molecule has 0 aromatic heterocycles. The third-order valence-electron chi connectivity index (χ3n) is 13.9. The molecule has 0 radical (unpaired) electrons. The molecule has 0 aromatic carbocycles. The second-order valence-corrected chi connectivity index (χ2v) is 20.4. The highest BCUT2D eigenvalue weighted by molar-refractivity contribution is 5.76. The Morgan fingerprint density at radius 1 is 0.500 bits per heavy atom. The predicted octanol–water partition coefficient (Wildman–Crippen LogP) is 9.55. The van der Waals surface area contributed by atoms with E-state index in [0.717, 1.165) is 103 Å². The standard InChI is InChI=1S/C60H105NO13/c1-3-5-7-9-11-13-15-17-19-20-21-22-23-24-25-26-27-28-30-32-34-36-38-40-42-44-52(65)61-48(49(64)43-41-39-37-35-33-31-29-18-16-14-12-10-8-6-4-2)47-71-59-57(70)55(68)58(51(46-63)73-59)74-60-56(69)54(67)53(66)50(45-62)72-60/h5,7,11,13,17,19,21-22,24-25,27-28,48-51,53-60,62-64,66-70H,3-4,6,8-10,12,14-16,18,20,23,26,29-47H2,1-2H3,(H,61,65)/b7-5-,13-11-,19-17-,22-21-,25-24-,28-27-. The van der Waals surface area contributed by atoms with Crippen molar-refractivity contribution < 1.29 is 64.6 Å². The summed E-state index contributed by atoms with van der Waals surface area (Å²) < 4.78 is 22.8. The molecule has 2 aliphatic rings. The van der Waals surface area contributed by atoms with E-state index in [0.29, 0.717) is 12.8 Å². The van der Waals surface area contributed by atoms with Crippen molar-refractivity contribution in [3.05, 3.63) is 72.9 Å². The van der Waals surface area contributed by atoms with E-state index in [-0.39, 0.29) is 18.9 Å². The van der Waals surface area contributed by atoms with Crippen LogP contribution in [0.25, 0.3) is 0 Å². The Bertz CT molecular complexity index is 1520. The molecule has 428 valence electrons. The summed E-state index contributed by atoms with van der Waals surface area (Å²) in [5, 5.41) is 87.2. The summed E-state index contributed by atoms with van der Waals surface area (Å²) in [6.45, 7) is 2.73. The first kappa shape index (κ1) is 67.5. The molecule has 12 atom stereocenters. The SMILES string of the molecule is CC/C=C\C/C=C\C/C=C\C/C=C\C/C=C\C/C=C\CCCCCCCCC(=O)NC(COC1OC(CO)C(OC2OC(CO)C(O)C(O)C2O)C(O)C1O)C(O)CCCCCCCCCCCCCCCCC. The average Bonchev–Trinajstić information content (AvgIpc) is 3.40. The van der Waals surface area contributed by atoms with Crippen molar-refractivity contribution in [2.75, 3.05) is 19.8 Å². The number of hydrogen-bond donors (Lipinski definition) is 9. The Balaban J connectivity index is 1.76. The van der Waals surface area contributed by atoms with Gasteiger partial charge in [-0.2, -0.15) is 0 Å². The lowest BCUT2D eigenvalue weighted by Gasteiger charge is -2.46. The Labute approximate surface area is 447 Å². The maximum atomic E-state index is 13.3. The van der Waals surface area contributed by atoms with Crippen LogP contribution in [0.1, 0.15) is 206 Å². The average molecular weight is 1050 g/mol. The lowest BCUT2D eigenvalue weighted by molar-refractivity contribution is -0.359. The van der Waals surface area contributed by atoms with Gasteiger partial charge in [0.2, 0.25) is 5.91 Å². The minimum atomic E-state index is -1.79. The molecular formula is C60H105NO13. The van der Waals surface area contributed by atoms with Gasteiger partial charge in [-0.05, 0) is 64.2 Å². The van der Waals surface area contributed by atoms with Gasteiger partial charge in [-0.3, -0.25) is 4.79 Å². The number of carbonyl (C=O) groups excluding carboxylic acids is 1. The van der Waals surface area contributed by atoms with E-state index in [1.807, 2.05) is 0 Å². The highest BCUT2D eigenvalue weighted by Crippen LogP contribution is 2.30. The molecule has 2 rings (SSSR count). The van der Waals surface area contributed by atoms with Crippen molar-refractivity contribution in [2.24, 2.45) is 0 Å². The fourth-order valence-electron chi connectivity index (χ4n) is 9.24. The summed E-state index contributed by atoms with van der Waals surface area (Å²) >= 11 is 0. The van der Waals surface area contributed by atoms with Crippen LogP contribution in [-0.4, -0.2) is 140 Å². The molecule has 74 heavy (non-hydrogen) atoms. The van der Waals surface area contributed by atoms with Crippen molar-refractivity contribution in [1.29, 1.82) is 0 Å². The second kappa shape index (κ2) is 45.4. The summed E-state index contributed by atoms with van der Waals surface area (Å²) in [7, 11) is 0. The smallest absolute Gasteiger partial charge is 0.220 e. The monoisotopic (exact) mass is 1050 g/mol. The molecule has 1 amide bonds. The summed E-state index contributed by atoms with van der Waals surface area (Å²) in [5.74, 6) is -0.224. The summed E-state index contributed by atoms with van der Waals surface area (Å²) in [5.41, 5.74) is 0. The van der Waals surface area contributed by atoms with Gasteiger partial charge in [0, 0.05) is 6.42 Å². The lowest BCUT2D eigenvalue weighted by Crippen LogP contribution is -2.65. The number of nitrogens with one attached hydrogen (secondary N) is 1. The Hall–Kier alpha value is -2.57. The van der Waals surface area contributed by atoms with E-state index in [4.69, 9.17) is 18.9 Å². The number of unbranched alkanes of at least 4 members (excludes halogenated alkanes) is 20. The van der Waals surface area contributed by atoms with Gasteiger partial charge in [-0.25, -0.2) is 0 Å². The normalized spacial score (nSPS) is 25.8. The van der Waals surface area contributed by atoms with Crippen LogP contribution in [0.2, 0.25) is 0 Å². The van der Waals surface area contributed by atoms with Crippen molar-refractivity contribution >= 4 is 5.91 Å². The maximum absolute atomic E-state index is 13.3. The van der Waals surface area contributed by atoms with Crippen LogP contribution in [-0.2, 0) is 23.7 Å². The van der Waals surface area contributed by atoms with E-state index in [2.05, 4.69) is 92.1 Å². The summed E-state index contributed by atoms with van der Waals surface area (Å²) in [4.78, 5) is 13.3. The van der Waals surface area contributed by atoms with E-state index in [9.17, 15) is 45.6 Å². The molecule has 2 saturated heterocycles. The molecule has 0 aliphatic carbocycles. The van der Waals surface area contributed by atoms with Crippen LogP contribution in [0, 0.1) is 0 Å². The van der Waals surface area contributed by atoms with Crippen LogP contribution < -0.4 is 5.32 Å². The number of hydrogen-bond acceptors (Lipinski definition) is 13. The first-order valence-corrected chi connectivity index (χ1v) is 29.2. The van der Waals surface area contributed by atoms with E-state index < -0.39 is 86.8 Å². The number of allylic oxidation sites excluding steroid dienone is 12. The molecule has 9 N–H and O–H groups in total. The molecule has 12 unspecified atom stereocenters. The number of rotatable bonds is 45. The molecule has 2 heterocycles. The predicted molar refractivity (Wildman–Crippen MR) is 295 cm³/mol. The van der Waals surface area contributed by atoms with Crippen molar-refractivity contribution in [1.82, 2.24) is 5.32 Å². The van der Waals surface area contributed by atoms with Crippen molar-refractivity contribution in [3.8, 4) is 0 Å². The van der Waals surface area contributed by atoms with Gasteiger partial charge in [0.1, 0.15) is 48.8 Å². The third kappa shape index (κ3) is 31.0. The van der Waals surface area contributed by atoms with E-state index >= 15 is 0 Å². The first-order chi connectivity index (χ1) is 36.1. The molecule has 0 spiro atoms. The Kier molecular flexibility index (Phi) is 41.5. The van der Waals surface area contributed by atoms with Gasteiger partial charge in [-0.15, -0.1) is 0 Å². The van der Waals surface area contributed by atoms with E-state index in [1.54, 1.807) is 0 Å². The highest BCUT2D eigenvalue weighted by Gasteiger charge is 2.51. The van der Waals surface area contributed by atoms with Crippen LogP contribution in [0.4, 0.5) is 0 Å². The van der Waals surface area contributed by atoms with Gasteiger partial charge in [0.15, 0.2) is 12.6 Å². The molecule has 2 aliphatic heterocycles. The van der Waals surface area contributed by atoms with Crippen LogP contribution in [0.5, 0.6) is 0 Å². The van der Waals surface area contributed by atoms with Gasteiger partial charge < -0.3 is 65.1 Å². The second-order valence-electron chi connectivity index (χ2n) is 20.4. The van der Waals surface area contributed by atoms with E-state index in [1.165, 1.54) is 70.6 Å². The van der Waals surface area contributed by atoms with Gasteiger partial charge in [-0.1, -0.05) is 209 Å². The fraction of sp³-hybridized carbons (Fsp3) is 0.783. The Morgan fingerprint density at radius 2 is 0.932 bits per heavy atom. The Morgan fingerprint density at radius 3 is 1.43 bits per heavy atom. The first-order valence-electron chi connectivity index (χ1n) is 29.2. The third-order valence-corrected chi connectivity index (χ3v) is 13.9. The molecule has 14 nitrogen and oxygen atoms in total. The molecule has 0 aromatic rings. The molecular weight excluding hydrogens is 943 g/mol. The minimum Gasteiger partial charge on any atom is -0.394 e. The number of amides is 1. The van der Waals surface area contributed by atoms with Gasteiger partial charge in [0.05, 0.1) is 32.0 Å². The number of aliphatic hydroxyl groups excluding tert-OH is 8. The largest absolute Gasteiger partial charge is 0.394 e. The molecule has 14 heteroatoms. The van der Waals surface area contributed by atoms with Crippen LogP contribution in [0.15, 0.2) is 72.9 Å². The summed E-state index contributed by atoms with van der Waals surface area (Å²) in [6, 6.07) is -0.841. The number of carbonyl (C=O) groups is 1. The lowest BCUT2D eigenvalue weighted by atomic mass is 9.97. The highest BCUT2D eigenvalue weighted by atomic mass is 16.7. The van der Waals surface area contributed by atoms with Crippen LogP contribution in [0.3, 0.4) is 0 Å². The minimum absolute atomic E-state index is 0.224. The zero-order valence-corrected chi connectivity index (χ0v) is 45.8. The fourth-order valence-corrected chi connectivity index (χ4v) is 9.24. The molecule has 0 bridgehead atoms. The molecule has 2 fully saturated rings. The molecule has 0 saturated carbocycles. The number of ether oxygens (including phenoxy) is 4. The van der Waals surface area contributed by atoms with Crippen molar-refractivity contribution in [2.45, 2.75) is 280 Å².